The molecule has 10 heteroatoms. The summed E-state index contributed by atoms with van der Waals surface area (Å²) in [5.41, 5.74) is 3.70. The molecule has 7 rings (SSSR count). The number of rotatable bonds is 4. The number of furan rings is 1. The van der Waals surface area contributed by atoms with Crippen LogP contribution in [0.5, 0.6) is 0 Å². The third kappa shape index (κ3) is 4.36. The van der Waals surface area contributed by atoms with Gasteiger partial charge in [0.15, 0.2) is 11.4 Å². The van der Waals surface area contributed by atoms with Crippen molar-refractivity contribution in [3.8, 4) is 23.0 Å². The molecule has 192 valence electrons. The number of benzene rings is 1. The number of nitrogens with zero attached hydrogens (tertiary/aromatic N) is 5. The fourth-order valence-corrected chi connectivity index (χ4v) is 6.08. The molecule has 3 fully saturated rings. The fraction of sp³-hybridized carbons (Fsp3) is 0.444. The molecule has 0 bridgehead atoms. The van der Waals surface area contributed by atoms with Gasteiger partial charge in [0.25, 0.3) is 11.8 Å². The first-order valence-electron chi connectivity index (χ1n) is 12.8. The van der Waals surface area contributed by atoms with E-state index in [4.69, 9.17) is 13.8 Å². The Bertz CT molecular complexity index is 1460. The Morgan fingerprint density at radius 2 is 1.57 bits per heavy atom. The van der Waals surface area contributed by atoms with E-state index >= 15 is 0 Å². The Labute approximate surface area is 226 Å². The van der Waals surface area contributed by atoms with E-state index in [0.29, 0.717) is 34.3 Å². The van der Waals surface area contributed by atoms with E-state index in [1.807, 2.05) is 23.1 Å². The van der Waals surface area contributed by atoms with Gasteiger partial charge in [-0.05, 0) is 84.0 Å². The zero-order valence-electron chi connectivity index (χ0n) is 20.2. The number of halogens is 3. The number of piperidine rings is 2. The second kappa shape index (κ2) is 8.64. The number of aromatic nitrogens is 3. The standard InChI is InChI=1S/C27H26F2IN5O2/c28-27(29)8-12-35(13-9-27)23-22-17(3-14-36-22)15-20(31-23)25-33-32-24(37-25)19-2-1-18(30)16-21(19)34-10-6-26(4-5-26)7-11-34/h1-3,14-16H,4-13H2. The molecule has 0 radical (unpaired) electrons. The van der Waals surface area contributed by atoms with Gasteiger partial charge in [0.2, 0.25) is 5.89 Å². The number of fused-ring (bicyclic) bond motifs is 1. The molecule has 0 atom stereocenters. The highest BCUT2D eigenvalue weighted by molar-refractivity contribution is 14.1. The topological polar surface area (TPSA) is 71.4 Å². The molecule has 0 amide bonds. The molecule has 0 N–H and O–H groups in total. The lowest BCUT2D eigenvalue weighted by Gasteiger charge is -2.34. The maximum Gasteiger partial charge on any atom is 0.266 e. The molecule has 3 aliphatic rings. The molecule has 4 aromatic rings. The van der Waals surface area contributed by atoms with Crippen molar-refractivity contribution in [3.05, 3.63) is 40.2 Å². The van der Waals surface area contributed by atoms with Crippen LogP contribution in [0.3, 0.4) is 0 Å². The molecule has 1 aromatic carbocycles. The molecule has 2 aliphatic heterocycles. The predicted molar refractivity (Wildman–Crippen MR) is 145 cm³/mol. The minimum Gasteiger partial charge on any atom is -0.460 e. The SMILES string of the molecule is FC1(F)CCN(c2nc(-c3nnc(-c4ccc(I)cc4N4CCC5(CC4)CC5)o3)cc3ccoc23)CC1. The summed E-state index contributed by atoms with van der Waals surface area (Å²) in [5.74, 6) is -1.37. The van der Waals surface area contributed by atoms with E-state index in [1.54, 1.807) is 6.26 Å². The van der Waals surface area contributed by atoms with Crippen molar-refractivity contribution in [1.82, 2.24) is 15.2 Å². The first-order valence-corrected chi connectivity index (χ1v) is 13.9. The maximum absolute atomic E-state index is 13.8. The second-order valence-electron chi connectivity index (χ2n) is 10.6. The van der Waals surface area contributed by atoms with Gasteiger partial charge in [0, 0.05) is 48.0 Å². The van der Waals surface area contributed by atoms with Gasteiger partial charge in [-0.3, -0.25) is 0 Å². The molecule has 0 unspecified atom stereocenters. The molecular weight excluding hydrogens is 591 g/mol. The van der Waals surface area contributed by atoms with Crippen molar-refractivity contribution in [2.45, 2.75) is 44.4 Å². The summed E-state index contributed by atoms with van der Waals surface area (Å²) in [6.07, 6.45) is 6.35. The molecular formula is C27H26F2IN5O2. The molecule has 7 nitrogen and oxygen atoms in total. The quantitative estimate of drug-likeness (QED) is 0.234. The van der Waals surface area contributed by atoms with Gasteiger partial charge in [-0.2, -0.15) is 0 Å². The Morgan fingerprint density at radius 1 is 0.838 bits per heavy atom. The Kier molecular flexibility index (Phi) is 5.46. The van der Waals surface area contributed by atoms with Crippen LogP contribution in [0, 0.1) is 8.99 Å². The van der Waals surface area contributed by atoms with Crippen LogP contribution in [0.4, 0.5) is 20.3 Å². The highest BCUT2D eigenvalue weighted by atomic mass is 127. The summed E-state index contributed by atoms with van der Waals surface area (Å²) in [5, 5.41) is 9.55. The van der Waals surface area contributed by atoms with Crippen LogP contribution < -0.4 is 9.80 Å². The van der Waals surface area contributed by atoms with Gasteiger partial charge in [0.1, 0.15) is 5.69 Å². The van der Waals surface area contributed by atoms with Gasteiger partial charge < -0.3 is 18.6 Å². The van der Waals surface area contributed by atoms with E-state index < -0.39 is 5.92 Å². The fourth-order valence-electron chi connectivity index (χ4n) is 5.61. The summed E-state index contributed by atoms with van der Waals surface area (Å²) >= 11 is 2.34. The van der Waals surface area contributed by atoms with E-state index in [0.717, 1.165) is 33.3 Å². The van der Waals surface area contributed by atoms with Crippen LogP contribution in [-0.4, -0.2) is 47.3 Å². The summed E-state index contributed by atoms with van der Waals surface area (Å²) in [6, 6.07) is 9.95. The van der Waals surface area contributed by atoms with Gasteiger partial charge >= 0.3 is 0 Å². The van der Waals surface area contributed by atoms with Crippen LogP contribution in [0.25, 0.3) is 34.0 Å². The molecule has 2 saturated heterocycles. The van der Waals surface area contributed by atoms with Crippen molar-refractivity contribution in [2.24, 2.45) is 5.41 Å². The summed E-state index contributed by atoms with van der Waals surface area (Å²) in [6.45, 7) is 2.48. The lowest BCUT2D eigenvalue weighted by molar-refractivity contribution is -0.0221. The summed E-state index contributed by atoms with van der Waals surface area (Å²) < 4.78 is 40.6. The van der Waals surface area contributed by atoms with E-state index in [9.17, 15) is 8.78 Å². The van der Waals surface area contributed by atoms with Gasteiger partial charge in [0.05, 0.1) is 17.5 Å². The normalized spacial score (nSPS) is 20.6. The lowest BCUT2D eigenvalue weighted by Crippen LogP contribution is -2.39. The van der Waals surface area contributed by atoms with Crippen molar-refractivity contribution in [1.29, 1.82) is 0 Å². The highest BCUT2D eigenvalue weighted by Crippen LogP contribution is 2.54. The van der Waals surface area contributed by atoms with Gasteiger partial charge in [-0.15, -0.1) is 10.2 Å². The molecule has 3 aromatic heterocycles. The molecule has 37 heavy (non-hydrogen) atoms. The number of alkyl halides is 2. The van der Waals surface area contributed by atoms with E-state index in [-0.39, 0.29) is 25.9 Å². The van der Waals surface area contributed by atoms with Gasteiger partial charge in [-0.1, -0.05) is 0 Å². The highest BCUT2D eigenvalue weighted by Gasteiger charge is 2.44. The first kappa shape index (κ1) is 23.4. The minimum atomic E-state index is -2.64. The first-order chi connectivity index (χ1) is 17.9. The van der Waals surface area contributed by atoms with Gasteiger partial charge in [-0.25, -0.2) is 13.8 Å². The van der Waals surface area contributed by atoms with Crippen molar-refractivity contribution in [2.75, 3.05) is 36.0 Å². The Hall–Kier alpha value is -2.76. The van der Waals surface area contributed by atoms with Crippen molar-refractivity contribution in [3.63, 3.8) is 0 Å². The smallest absolute Gasteiger partial charge is 0.266 e. The maximum atomic E-state index is 13.8. The molecule has 1 aliphatic carbocycles. The Balaban J connectivity index is 1.22. The molecule has 5 heterocycles. The average Bonchev–Trinajstić information content (AvgIpc) is 3.27. The van der Waals surface area contributed by atoms with E-state index in [2.05, 4.69) is 49.8 Å². The monoisotopic (exact) mass is 617 g/mol. The third-order valence-corrected chi connectivity index (χ3v) is 8.84. The largest absolute Gasteiger partial charge is 0.460 e. The van der Waals surface area contributed by atoms with Crippen LogP contribution in [-0.2, 0) is 0 Å². The summed E-state index contributed by atoms with van der Waals surface area (Å²) in [4.78, 5) is 9.04. The molecule has 1 saturated carbocycles. The number of pyridine rings is 1. The lowest BCUT2D eigenvalue weighted by atomic mass is 9.93. The minimum absolute atomic E-state index is 0.206. The zero-order valence-corrected chi connectivity index (χ0v) is 22.4. The number of hydrogen-bond acceptors (Lipinski definition) is 7. The van der Waals surface area contributed by atoms with Crippen LogP contribution in [0.15, 0.2) is 45.4 Å². The second-order valence-corrected chi connectivity index (χ2v) is 11.8. The van der Waals surface area contributed by atoms with Crippen LogP contribution >= 0.6 is 22.6 Å². The number of hydrogen-bond donors (Lipinski definition) is 0. The van der Waals surface area contributed by atoms with Crippen LogP contribution in [0.1, 0.15) is 38.5 Å². The Morgan fingerprint density at radius 3 is 2.32 bits per heavy atom. The number of anilines is 2. The van der Waals surface area contributed by atoms with Crippen molar-refractivity contribution >= 4 is 45.1 Å². The van der Waals surface area contributed by atoms with Crippen molar-refractivity contribution < 1.29 is 17.6 Å². The predicted octanol–water partition coefficient (Wildman–Crippen LogP) is 6.77. The van der Waals surface area contributed by atoms with E-state index in [1.165, 1.54) is 25.7 Å². The zero-order chi connectivity index (χ0) is 25.2. The third-order valence-electron chi connectivity index (χ3n) is 8.17. The summed E-state index contributed by atoms with van der Waals surface area (Å²) in [7, 11) is 0. The molecule has 1 spiro atoms. The average molecular weight is 617 g/mol. The van der Waals surface area contributed by atoms with Crippen LogP contribution in [0.2, 0.25) is 0 Å².